The largest absolute Gasteiger partial charge is 0.295 e. The molecule has 0 saturated carbocycles. The van der Waals surface area contributed by atoms with Crippen LogP contribution in [0.3, 0.4) is 0 Å². The summed E-state index contributed by atoms with van der Waals surface area (Å²) in [5.74, 6) is 0. The van der Waals surface area contributed by atoms with Gasteiger partial charge in [-0.15, -0.1) is 0 Å². The fourth-order valence-electron chi connectivity index (χ4n) is 1.83. The zero-order chi connectivity index (χ0) is 19.2. The van der Waals surface area contributed by atoms with Gasteiger partial charge in [-0.25, -0.2) is 8.42 Å². The van der Waals surface area contributed by atoms with Crippen LogP contribution in [0, 0.1) is 0 Å². The Morgan fingerprint density at radius 1 is 0.640 bits per heavy atom. The summed E-state index contributed by atoms with van der Waals surface area (Å²) in [7, 11) is -13.7. The third-order valence-electron chi connectivity index (χ3n) is 2.98. The summed E-state index contributed by atoms with van der Waals surface area (Å²) >= 11 is 5.77. The fraction of sp³-hybridized carbons (Fsp3) is 0. The Labute approximate surface area is 160 Å². The summed E-state index contributed by atoms with van der Waals surface area (Å²) in [6.45, 7) is 0. The van der Waals surface area contributed by atoms with Crippen LogP contribution in [-0.4, -0.2) is 34.4 Å². The van der Waals surface area contributed by atoms with E-state index in [0.717, 1.165) is 36.4 Å². The van der Waals surface area contributed by atoms with E-state index in [1.165, 1.54) is 0 Å². The van der Waals surface area contributed by atoms with Crippen molar-refractivity contribution in [3.05, 3.63) is 45.3 Å². The van der Waals surface area contributed by atoms with E-state index in [-0.39, 0.29) is 8.95 Å². The van der Waals surface area contributed by atoms with Crippen LogP contribution in [-0.2, 0) is 30.1 Å². The van der Waals surface area contributed by atoms with Crippen molar-refractivity contribution in [1.29, 1.82) is 0 Å². The van der Waals surface area contributed by atoms with E-state index in [1.54, 1.807) is 0 Å². The molecule has 2 rings (SSSR count). The van der Waals surface area contributed by atoms with Crippen molar-refractivity contribution in [1.82, 2.24) is 0 Å². The number of benzene rings is 2. The zero-order valence-corrected chi connectivity index (χ0v) is 17.4. The lowest BCUT2D eigenvalue weighted by Gasteiger charge is -2.09. The van der Waals surface area contributed by atoms with Gasteiger partial charge in [0, 0.05) is 8.95 Å². The topological polar surface area (TPSA) is 143 Å². The first kappa shape index (κ1) is 20.5. The Morgan fingerprint density at radius 3 is 1.24 bits per heavy atom. The van der Waals surface area contributed by atoms with Gasteiger partial charge >= 0.3 is 0 Å². The Morgan fingerprint density at radius 2 is 0.960 bits per heavy atom. The minimum absolute atomic E-state index is 0.0524. The summed E-state index contributed by atoms with van der Waals surface area (Å²) in [4.78, 5) is -2.32. The molecule has 0 aliphatic carbocycles. The van der Waals surface area contributed by atoms with Crippen LogP contribution in [0.15, 0.2) is 64.9 Å². The second kappa shape index (κ2) is 6.72. The third-order valence-corrected chi connectivity index (χ3v) is 8.43. The lowest BCUT2D eigenvalue weighted by molar-refractivity contribution is 0.480. The molecular weight excluding hydrogens is 528 g/mol. The Balaban J connectivity index is 2.73. The molecule has 0 saturated heterocycles. The molecule has 8 nitrogen and oxygen atoms in total. The normalized spacial score (nSPS) is 13.0. The maximum absolute atomic E-state index is 12.6. The highest BCUT2D eigenvalue weighted by Gasteiger charge is 2.25. The smallest absolute Gasteiger partial charge is 0.282 e. The summed E-state index contributed by atoms with van der Waals surface area (Å²) in [5.41, 5.74) is 0. The molecule has 0 radical (unpaired) electrons. The molecule has 2 aromatic rings. The van der Waals surface area contributed by atoms with Crippen molar-refractivity contribution in [2.24, 2.45) is 0 Å². The summed E-state index contributed by atoms with van der Waals surface area (Å²) in [6.07, 6.45) is 0. The number of hydrogen-bond acceptors (Lipinski definition) is 6. The Kier molecular flexibility index (Phi) is 5.50. The molecule has 0 spiro atoms. The van der Waals surface area contributed by atoms with Gasteiger partial charge in [0.25, 0.3) is 20.2 Å². The van der Waals surface area contributed by atoms with Crippen LogP contribution < -0.4 is 0 Å². The van der Waals surface area contributed by atoms with Gasteiger partial charge in [0.05, 0.1) is 9.79 Å². The summed E-state index contributed by atoms with van der Waals surface area (Å²) < 4.78 is 88.7. The van der Waals surface area contributed by atoms with E-state index in [9.17, 15) is 25.3 Å². The fourth-order valence-corrected chi connectivity index (χ4v) is 6.20. The summed E-state index contributed by atoms with van der Waals surface area (Å²) in [6, 6.07) is 5.82. The lowest BCUT2D eigenvalue weighted by Crippen LogP contribution is -2.07. The molecule has 0 heterocycles. The van der Waals surface area contributed by atoms with Crippen molar-refractivity contribution < 1.29 is 34.4 Å². The van der Waals surface area contributed by atoms with Gasteiger partial charge in [0.15, 0.2) is 0 Å². The monoisotopic (exact) mass is 534 g/mol. The quantitative estimate of drug-likeness (QED) is 0.568. The van der Waals surface area contributed by atoms with Crippen molar-refractivity contribution in [3.8, 4) is 0 Å². The molecule has 25 heavy (non-hydrogen) atoms. The van der Waals surface area contributed by atoms with Gasteiger partial charge in [-0.2, -0.15) is 16.8 Å². The zero-order valence-electron chi connectivity index (χ0n) is 11.8. The van der Waals surface area contributed by atoms with Crippen LogP contribution in [0.2, 0.25) is 0 Å². The lowest BCUT2D eigenvalue weighted by atomic mass is 10.4. The molecule has 0 aromatic heterocycles. The minimum atomic E-state index is -4.69. The molecule has 0 atom stereocenters. The minimum Gasteiger partial charge on any atom is -0.282 e. The van der Waals surface area contributed by atoms with Crippen LogP contribution in [0.1, 0.15) is 0 Å². The van der Waals surface area contributed by atoms with E-state index in [2.05, 4.69) is 31.9 Å². The average Bonchev–Trinajstić information content (AvgIpc) is 2.45. The standard InChI is InChI=1S/C12H8Br2O8S3/c13-9-3-1-7(5-11(9)24(17,18)19)23(15,16)8-2-4-10(14)12(6-8)25(20,21)22/h1-6H,(H,17,18,19)(H,20,21,22). The number of sulfone groups is 1. The van der Waals surface area contributed by atoms with E-state index in [0.29, 0.717) is 0 Å². The van der Waals surface area contributed by atoms with E-state index in [4.69, 9.17) is 9.11 Å². The molecule has 0 aliphatic rings. The molecule has 0 aliphatic heterocycles. The molecule has 0 amide bonds. The second-order valence-corrected chi connectivity index (χ2v) is 11.1. The van der Waals surface area contributed by atoms with Crippen molar-refractivity contribution in [3.63, 3.8) is 0 Å². The molecule has 2 N–H and O–H groups in total. The molecule has 0 bridgehead atoms. The van der Waals surface area contributed by atoms with Gasteiger partial charge in [0.2, 0.25) is 9.84 Å². The maximum Gasteiger partial charge on any atom is 0.295 e. The maximum atomic E-state index is 12.6. The second-order valence-electron chi connectivity index (χ2n) is 4.64. The van der Waals surface area contributed by atoms with Crippen molar-refractivity contribution >= 4 is 61.9 Å². The van der Waals surface area contributed by atoms with Crippen LogP contribution >= 0.6 is 31.9 Å². The third kappa shape index (κ3) is 4.30. The molecule has 13 heteroatoms. The first-order chi connectivity index (χ1) is 11.2. The number of halogens is 2. The van der Waals surface area contributed by atoms with E-state index < -0.39 is 49.7 Å². The van der Waals surface area contributed by atoms with Gasteiger partial charge < -0.3 is 0 Å². The highest BCUT2D eigenvalue weighted by atomic mass is 79.9. The molecular formula is C12H8Br2O8S3. The number of hydrogen-bond donors (Lipinski definition) is 2. The van der Waals surface area contributed by atoms with E-state index >= 15 is 0 Å². The first-order valence-corrected chi connectivity index (χ1v) is 12.0. The summed E-state index contributed by atoms with van der Waals surface area (Å²) in [5, 5.41) is 0. The van der Waals surface area contributed by atoms with Crippen LogP contribution in [0.4, 0.5) is 0 Å². The van der Waals surface area contributed by atoms with Crippen molar-refractivity contribution in [2.75, 3.05) is 0 Å². The van der Waals surface area contributed by atoms with Gasteiger partial charge in [-0.05, 0) is 68.3 Å². The molecule has 0 fully saturated rings. The molecule has 2 aromatic carbocycles. The van der Waals surface area contributed by atoms with Gasteiger partial charge in [-0.3, -0.25) is 9.11 Å². The van der Waals surface area contributed by atoms with Crippen LogP contribution in [0.25, 0.3) is 0 Å². The molecule has 136 valence electrons. The van der Waals surface area contributed by atoms with Crippen molar-refractivity contribution in [2.45, 2.75) is 19.6 Å². The first-order valence-electron chi connectivity index (χ1n) is 6.04. The van der Waals surface area contributed by atoms with Gasteiger partial charge in [0.1, 0.15) is 9.79 Å². The predicted octanol–water partition coefficient (Wildman–Crippen LogP) is 2.54. The average molecular weight is 536 g/mol. The van der Waals surface area contributed by atoms with E-state index in [1.807, 2.05) is 0 Å². The molecule has 0 unspecified atom stereocenters. The highest BCUT2D eigenvalue weighted by Crippen LogP contribution is 2.31. The Bertz CT molecular complexity index is 1080. The van der Waals surface area contributed by atoms with Gasteiger partial charge in [-0.1, -0.05) is 0 Å². The number of rotatable bonds is 4. The highest BCUT2D eigenvalue weighted by molar-refractivity contribution is 9.10. The SMILES string of the molecule is O=S(=O)(O)c1cc(S(=O)(=O)c2ccc(Br)c(S(=O)(=O)O)c2)ccc1Br. The van der Waals surface area contributed by atoms with Crippen LogP contribution in [0.5, 0.6) is 0 Å². The predicted molar refractivity (Wildman–Crippen MR) is 93.4 cm³/mol. The Hall–Kier alpha value is -0.830.